The summed E-state index contributed by atoms with van der Waals surface area (Å²) in [5.41, 5.74) is 1.22. The molecule has 3 nitrogen and oxygen atoms in total. The number of ether oxygens (including phenoxy) is 1. The van der Waals surface area contributed by atoms with Gasteiger partial charge in [-0.15, -0.1) is 0 Å². The van der Waals surface area contributed by atoms with Crippen LogP contribution in [0, 0.1) is 6.92 Å². The molecule has 112 valence electrons. The van der Waals surface area contributed by atoms with Gasteiger partial charge in [-0.3, -0.25) is 0 Å². The second kappa shape index (κ2) is 8.28. The average molecular weight is 277 g/mol. The van der Waals surface area contributed by atoms with Crippen molar-refractivity contribution in [2.24, 2.45) is 0 Å². The number of rotatable bonds is 7. The maximum atomic E-state index is 9.93. The van der Waals surface area contributed by atoms with Gasteiger partial charge in [0.2, 0.25) is 0 Å². The Balaban J connectivity index is 1.57. The van der Waals surface area contributed by atoms with Crippen LogP contribution in [0.5, 0.6) is 5.75 Å². The van der Waals surface area contributed by atoms with E-state index >= 15 is 0 Å². The van der Waals surface area contributed by atoms with E-state index in [0.717, 1.165) is 18.7 Å². The first-order chi connectivity index (χ1) is 9.74. The summed E-state index contributed by atoms with van der Waals surface area (Å²) in [6.45, 7) is 3.30. The first kappa shape index (κ1) is 15.3. The Morgan fingerprint density at radius 1 is 1.20 bits per heavy atom. The normalized spacial score (nSPS) is 17.9. The molecular weight excluding hydrogens is 250 g/mol. The van der Waals surface area contributed by atoms with E-state index in [2.05, 4.69) is 12.2 Å². The number of benzene rings is 1. The lowest BCUT2D eigenvalue weighted by molar-refractivity contribution is 0.0987. The molecule has 0 aromatic heterocycles. The topological polar surface area (TPSA) is 41.5 Å². The molecule has 1 fully saturated rings. The van der Waals surface area contributed by atoms with Crippen molar-refractivity contribution in [1.29, 1.82) is 0 Å². The van der Waals surface area contributed by atoms with E-state index in [0.29, 0.717) is 12.6 Å². The van der Waals surface area contributed by atoms with Crippen LogP contribution in [0.4, 0.5) is 0 Å². The number of hydrogen-bond acceptors (Lipinski definition) is 3. The Labute approximate surface area is 122 Å². The minimum absolute atomic E-state index is 0.370. The highest BCUT2D eigenvalue weighted by Crippen LogP contribution is 2.17. The van der Waals surface area contributed by atoms with Gasteiger partial charge in [-0.2, -0.15) is 0 Å². The lowest BCUT2D eigenvalue weighted by atomic mass is 9.95. The second-order valence-electron chi connectivity index (χ2n) is 5.86. The second-order valence-corrected chi connectivity index (χ2v) is 5.86. The van der Waals surface area contributed by atoms with Crippen LogP contribution >= 0.6 is 0 Å². The summed E-state index contributed by atoms with van der Waals surface area (Å²) in [7, 11) is 0. The number of nitrogens with one attached hydrogen (secondary N) is 1. The Morgan fingerprint density at radius 3 is 2.60 bits per heavy atom. The van der Waals surface area contributed by atoms with E-state index in [1.54, 1.807) is 0 Å². The third-order valence-corrected chi connectivity index (χ3v) is 3.98. The number of aliphatic hydroxyl groups is 1. The molecule has 0 spiro atoms. The summed E-state index contributed by atoms with van der Waals surface area (Å²) in [6.07, 6.45) is 7.00. The Morgan fingerprint density at radius 2 is 1.90 bits per heavy atom. The fraction of sp³-hybridized carbons (Fsp3) is 0.647. The SMILES string of the molecule is Cc1ccc(OCC(O)CCNC2CCCCC2)cc1. The fourth-order valence-electron chi connectivity index (χ4n) is 2.67. The van der Waals surface area contributed by atoms with Gasteiger partial charge in [0, 0.05) is 6.04 Å². The van der Waals surface area contributed by atoms with Crippen molar-refractivity contribution in [2.75, 3.05) is 13.2 Å². The van der Waals surface area contributed by atoms with Gasteiger partial charge in [-0.05, 0) is 44.9 Å². The highest BCUT2D eigenvalue weighted by atomic mass is 16.5. The lowest BCUT2D eigenvalue weighted by Gasteiger charge is -2.23. The van der Waals surface area contributed by atoms with Crippen molar-refractivity contribution in [3.8, 4) is 5.75 Å². The van der Waals surface area contributed by atoms with Crippen LogP contribution in [0.1, 0.15) is 44.1 Å². The van der Waals surface area contributed by atoms with E-state index in [-0.39, 0.29) is 0 Å². The lowest BCUT2D eigenvalue weighted by Crippen LogP contribution is -2.34. The molecule has 20 heavy (non-hydrogen) atoms. The zero-order valence-corrected chi connectivity index (χ0v) is 12.5. The molecule has 0 aliphatic heterocycles. The number of aryl methyl sites for hydroxylation is 1. The molecular formula is C17H27NO2. The van der Waals surface area contributed by atoms with E-state index in [4.69, 9.17) is 4.74 Å². The molecule has 1 aliphatic carbocycles. The van der Waals surface area contributed by atoms with Gasteiger partial charge in [0.1, 0.15) is 12.4 Å². The van der Waals surface area contributed by atoms with Crippen LogP contribution in [-0.4, -0.2) is 30.4 Å². The zero-order valence-electron chi connectivity index (χ0n) is 12.5. The molecule has 1 atom stereocenters. The molecule has 0 saturated heterocycles. The van der Waals surface area contributed by atoms with E-state index in [9.17, 15) is 5.11 Å². The third-order valence-electron chi connectivity index (χ3n) is 3.98. The fourth-order valence-corrected chi connectivity index (χ4v) is 2.67. The molecule has 2 rings (SSSR count). The molecule has 0 bridgehead atoms. The minimum atomic E-state index is -0.396. The highest BCUT2D eigenvalue weighted by Gasteiger charge is 2.13. The molecule has 0 heterocycles. The van der Waals surface area contributed by atoms with Gasteiger partial charge in [-0.1, -0.05) is 37.0 Å². The highest BCUT2D eigenvalue weighted by molar-refractivity contribution is 5.26. The Bertz CT molecular complexity index is 371. The van der Waals surface area contributed by atoms with Crippen LogP contribution in [0.25, 0.3) is 0 Å². The molecule has 1 aliphatic rings. The van der Waals surface area contributed by atoms with Crippen molar-refractivity contribution >= 4 is 0 Å². The van der Waals surface area contributed by atoms with Crippen LogP contribution in [-0.2, 0) is 0 Å². The monoisotopic (exact) mass is 277 g/mol. The summed E-state index contributed by atoms with van der Waals surface area (Å²) in [5, 5.41) is 13.5. The van der Waals surface area contributed by atoms with Crippen molar-refractivity contribution in [2.45, 2.75) is 57.6 Å². The van der Waals surface area contributed by atoms with Gasteiger partial charge >= 0.3 is 0 Å². The molecule has 2 N–H and O–H groups in total. The van der Waals surface area contributed by atoms with Crippen molar-refractivity contribution < 1.29 is 9.84 Å². The van der Waals surface area contributed by atoms with Gasteiger partial charge in [0.05, 0.1) is 6.10 Å². The summed E-state index contributed by atoms with van der Waals surface area (Å²) >= 11 is 0. The summed E-state index contributed by atoms with van der Waals surface area (Å²) in [4.78, 5) is 0. The minimum Gasteiger partial charge on any atom is -0.491 e. The Kier molecular flexibility index (Phi) is 6.34. The maximum absolute atomic E-state index is 9.93. The molecule has 0 amide bonds. The van der Waals surface area contributed by atoms with Crippen LogP contribution < -0.4 is 10.1 Å². The zero-order chi connectivity index (χ0) is 14.2. The molecule has 0 radical (unpaired) electrons. The summed E-state index contributed by atoms with van der Waals surface area (Å²) in [5.74, 6) is 0.829. The molecule has 1 saturated carbocycles. The molecule has 3 heteroatoms. The summed E-state index contributed by atoms with van der Waals surface area (Å²) < 4.78 is 5.59. The summed E-state index contributed by atoms with van der Waals surface area (Å²) in [6, 6.07) is 8.59. The van der Waals surface area contributed by atoms with Crippen LogP contribution in [0.15, 0.2) is 24.3 Å². The Hall–Kier alpha value is -1.06. The van der Waals surface area contributed by atoms with Crippen LogP contribution in [0.3, 0.4) is 0 Å². The van der Waals surface area contributed by atoms with Crippen molar-refractivity contribution in [3.05, 3.63) is 29.8 Å². The largest absolute Gasteiger partial charge is 0.491 e. The van der Waals surface area contributed by atoms with Gasteiger partial charge in [0.15, 0.2) is 0 Å². The average Bonchev–Trinajstić information content (AvgIpc) is 2.48. The quantitative estimate of drug-likeness (QED) is 0.805. The van der Waals surface area contributed by atoms with E-state index in [1.165, 1.54) is 37.7 Å². The molecule has 1 aromatic carbocycles. The van der Waals surface area contributed by atoms with Crippen molar-refractivity contribution in [3.63, 3.8) is 0 Å². The van der Waals surface area contributed by atoms with Gasteiger partial charge < -0.3 is 15.2 Å². The standard InChI is InChI=1S/C17H27NO2/c1-14-7-9-17(10-8-14)20-13-16(19)11-12-18-15-5-3-2-4-6-15/h7-10,15-16,18-19H,2-6,11-13H2,1H3. The molecule has 1 aromatic rings. The first-order valence-electron chi connectivity index (χ1n) is 7.85. The third kappa shape index (κ3) is 5.51. The first-order valence-corrected chi connectivity index (χ1v) is 7.85. The van der Waals surface area contributed by atoms with Gasteiger partial charge in [0.25, 0.3) is 0 Å². The predicted octanol–water partition coefficient (Wildman–Crippen LogP) is 3.05. The van der Waals surface area contributed by atoms with E-state index in [1.807, 2.05) is 24.3 Å². The smallest absolute Gasteiger partial charge is 0.119 e. The number of hydrogen-bond donors (Lipinski definition) is 2. The molecule has 1 unspecified atom stereocenters. The van der Waals surface area contributed by atoms with Gasteiger partial charge in [-0.25, -0.2) is 0 Å². The van der Waals surface area contributed by atoms with E-state index < -0.39 is 6.10 Å². The number of aliphatic hydroxyl groups excluding tert-OH is 1. The predicted molar refractivity (Wildman–Crippen MR) is 82.2 cm³/mol. The van der Waals surface area contributed by atoms with Crippen molar-refractivity contribution in [1.82, 2.24) is 5.32 Å². The maximum Gasteiger partial charge on any atom is 0.119 e. The van der Waals surface area contributed by atoms with Crippen LogP contribution in [0.2, 0.25) is 0 Å².